The smallest absolute Gasteiger partial charge is 0.307 e. The highest BCUT2D eigenvalue weighted by Crippen LogP contribution is 2.22. The summed E-state index contributed by atoms with van der Waals surface area (Å²) >= 11 is 3.29. The van der Waals surface area contributed by atoms with Crippen molar-refractivity contribution in [2.24, 2.45) is 0 Å². The standard InChI is InChI=1S/C15H13BrN2O3/c16-12-6-5-10(17)8-11(12)15(21)18-13-4-2-1-3-9(13)7-14(19)20/h1-6,8H,7,17H2,(H,18,21)(H,19,20). The van der Waals surface area contributed by atoms with E-state index in [1.54, 1.807) is 42.5 Å². The van der Waals surface area contributed by atoms with E-state index in [9.17, 15) is 9.59 Å². The lowest BCUT2D eigenvalue weighted by atomic mass is 10.1. The van der Waals surface area contributed by atoms with E-state index >= 15 is 0 Å². The highest BCUT2D eigenvalue weighted by atomic mass is 79.9. The molecule has 0 aliphatic heterocycles. The van der Waals surface area contributed by atoms with Gasteiger partial charge in [-0.25, -0.2) is 0 Å². The number of carbonyl (C=O) groups is 2. The van der Waals surface area contributed by atoms with E-state index in [1.807, 2.05) is 0 Å². The maximum absolute atomic E-state index is 12.3. The maximum atomic E-state index is 12.3. The number of aliphatic carboxylic acids is 1. The minimum absolute atomic E-state index is 0.158. The Hall–Kier alpha value is -2.34. The molecule has 0 bridgehead atoms. The first-order chi connectivity index (χ1) is 9.97. The van der Waals surface area contributed by atoms with Gasteiger partial charge in [0, 0.05) is 15.8 Å². The number of hydrogen-bond acceptors (Lipinski definition) is 3. The van der Waals surface area contributed by atoms with Gasteiger partial charge < -0.3 is 16.2 Å². The average Bonchev–Trinajstić information content (AvgIpc) is 2.43. The van der Waals surface area contributed by atoms with Crippen LogP contribution in [0.15, 0.2) is 46.9 Å². The number of nitrogens with one attached hydrogen (secondary N) is 1. The number of para-hydroxylation sites is 1. The molecule has 2 aromatic carbocycles. The zero-order valence-corrected chi connectivity index (χ0v) is 12.6. The Morgan fingerprint density at radius 2 is 1.90 bits per heavy atom. The van der Waals surface area contributed by atoms with Gasteiger partial charge in [-0.2, -0.15) is 0 Å². The lowest BCUT2D eigenvalue weighted by Crippen LogP contribution is -2.15. The third kappa shape index (κ3) is 3.82. The van der Waals surface area contributed by atoms with Gasteiger partial charge in [0.05, 0.1) is 12.0 Å². The maximum Gasteiger partial charge on any atom is 0.307 e. The molecule has 0 atom stereocenters. The van der Waals surface area contributed by atoms with Crippen LogP contribution in [0.4, 0.5) is 11.4 Å². The summed E-state index contributed by atoms with van der Waals surface area (Å²) in [6, 6.07) is 11.7. The van der Waals surface area contributed by atoms with Crippen LogP contribution in [-0.2, 0) is 11.2 Å². The molecule has 0 fully saturated rings. The Labute approximate surface area is 129 Å². The molecule has 0 saturated carbocycles. The monoisotopic (exact) mass is 348 g/mol. The largest absolute Gasteiger partial charge is 0.481 e. The number of hydrogen-bond donors (Lipinski definition) is 3. The zero-order chi connectivity index (χ0) is 15.4. The fourth-order valence-corrected chi connectivity index (χ4v) is 2.29. The van der Waals surface area contributed by atoms with Crippen molar-refractivity contribution >= 4 is 39.2 Å². The average molecular weight is 349 g/mol. The number of carboxylic acid groups (broad SMARTS) is 1. The molecular weight excluding hydrogens is 336 g/mol. The summed E-state index contributed by atoms with van der Waals surface area (Å²) in [4.78, 5) is 23.1. The van der Waals surface area contributed by atoms with Crippen LogP contribution in [-0.4, -0.2) is 17.0 Å². The molecule has 0 aromatic heterocycles. The second-order valence-corrected chi connectivity index (χ2v) is 5.28. The molecule has 108 valence electrons. The molecule has 0 spiro atoms. The molecule has 1 amide bonds. The number of nitrogens with two attached hydrogens (primary N) is 1. The van der Waals surface area contributed by atoms with E-state index in [0.29, 0.717) is 27.0 Å². The van der Waals surface area contributed by atoms with Gasteiger partial charge in [0.15, 0.2) is 0 Å². The second kappa shape index (κ2) is 6.41. The second-order valence-electron chi connectivity index (χ2n) is 4.42. The number of anilines is 2. The number of halogens is 1. The molecule has 0 aliphatic carbocycles. The van der Waals surface area contributed by atoms with Crippen molar-refractivity contribution in [2.75, 3.05) is 11.1 Å². The minimum Gasteiger partial charge on any atom is -0.481 e. The Bertz CT molecular complexity index is 701. The van der Waals surface area contributed by atoms with Gasteiger partial charge in [-0.3, -0.25) is 9.59 Å². The van der Waals surface area contributed by atoms with Gasteiger partial charge in [-0.05, 0) is 45.8 Å². The van der Waals surface area contributed by atoms with Crippen LogP contribution in [0.25, 0.3) is 0 Å². The van der Waals surface area contributed by atoms with Gasteiger partial charge in [0.2, 0.25) is 0 Å². The first-order valence-corrected chi connectivity index (χ1v) is 6.93. The molecule has 2 rings (SSSR count). The molecule has 0 heterocycles. The van der Waals surface area contributed by atoms with E-state index in [4.69, 9.17) is 10.8 Å². The number of rotatable bonds is 4. The Kier molecular flexibility index (Phi) is 4.59. The molecule has 0 radical (unpaired) electrons. The molecule has 6 heteroatoms. The Morgan fingerprint density at radius 3 is 2.62 bits per heavy atom. The summed E-state index contributed by atoms with van der Waals surface area (Å²) in [5.41, 5.74) is 7.55. The van der Waals surface area contributed by atoms with Crippen molar-refractivity contribution in [2.45, 2.75) is 6.42 Å². The topological polar surface area (TPSA) is 92.4 Å². The van der Waals surface area contributed by atoms with Crippen molar-refractivity contribution in [3.05, 3.63) is 58.1 Å². The lowest BCUT2D eigenvalue weighted by molar-refractivity contribution is -0.136. The summed E-state index contributed by atoms with van der Waals surface area (Å²) in [5, 5.41) is 11.6. The molecule has 4 N–H and O–H groups in total. The first kappa shape index (κ1) is 15.1. The molecule has 0 saturated heterocycles. The quantitative estimate of drug-likeness (QED) is 0.740. The Morgan fingerprint density at radius 1 is 1.19 bits per heavy atom. The summed E-state index contributed by atoms with van der Waals surface area (Å²) < 4.78 is 0.616. The highest BCUT2D eigenvalue weighted by Gasteiger charge is 2.13. The van der Waals surface area contributed by atoms with Gasteiger partial charge in [0.25, 0.3) is 5.91 Å². The van der Waals surface area contributed by atoms with Gasteiger partial charge >= 0.3 is 5.97 Å². The van der Waals surface area contributed by atoms with Crippen molar-refractivity contribution in [3.8, 4) is 0 Å². The predicted octanol–water partition coefficient (Wildman–Crippen LogP) is 2.91. The highest BCUT2D eigenvalue weighted by molar-refractivity contribution is 9.10. The summed E-state index contributed by atoms with van der Waals surface area (Å²) in [6.45, 7) is 0. The van der Waals surface area contributed by atoms with Crippen LogP contribution >= 0.6 is 15.9 Å². The number of benzene rings is 2. The fraction of sp³-hybridized carbons (Fsp3) is 0.0667. The SMILES string of the molecule is Nc1ccc(Br)c(C(=O)Nc2ccccc2CC(=O)O)c1. The van der Waals surface area contributed by atoms with Gasteiger partial charge in [0.1, 0.15) is 0 Å². The van der Waals surface area contributed by atoms with Crippen molar-refractivity contribution in [1.82, 2.24) is 0 Å². The zero-order valence-electron chi connectivity index (χ0n) is 11.0. The molecular formula is C15H13BrN2O3. The van der Waals surface area contributed by atoms with Crippen molar-refractivity contribution in [3.63, 3.8) is 0 Å². The van der Waals surface area contributed by atoms with Crippen LogP contribution in [0, 0.1) is 0 Å². The molecule has 5 nitrogen and oxygen atoms in total. The van der Waals surface area contributed by atoms with E-state index in [2.05, 4.69) is 21.2 Å². The van der Waals surface area contributed by atoms with Crippen LogP contribution in [0.2, 0.25) is 0 Å². The van der Waals surface area contributed by atoms with Crippen LogP contribution in [0.3, 0.4) is 0 Å². The van der Waals surface area contributed by atoms with E-state index < -0.39 is 5.97 Å². The number of carboxylic acids is 1. The van der Waals surface area contributed by atoms with E-state index in [-0.39, 0.29) is 12.3 Å². The number of amides is 1. The van der Waals surface area contributed by atoms with E-state index in [0.717, 1.165) is 0 Å². The molecule has 2 aromatic rings. The van der Waals surface area contributed by atoms with Crippen LogP contribution in [0.1, 0.15) is 15.9 Å². The third-order valence-corrected chi connectivity index (χ3v) is 3.53. The fourth-order valence-electron chi connectivity index (χ4n) is 1.87. The number of nitrogen functional groups attached to an aromatic ring is 1. The summed E-state index contributed by atoms with van der Waals surface area (Å²) in [6.07, 6.45) is -0.158. The lowest BCUT2D eigenvalue weighted by Gasteiger charge is -2.11. The normalized spacial score (nSPS) is 10.1. The predicted molar refractivity (Wildman–Crippen MR) is 84.3 cm³/mol. The molecule has 0 aliphatic rings. The summed E-state index contributed by atoms with van der Waals surface area (Å²) in [7, 11) is 0. The first-order valence-electron chi connectivity index (χ1n) is 6.13. The van der Waals surface area contributed by atoms with Crippen LogP contribution < -0.4 is 11.1 Å². The molecule has 0 unspecified atom stereocenters. The third-order valence-electron chi connectivity index (χ3n) is 2.84. The molecule has 21 heavy (non-hydrogen) atoms. The van der Waals surface area contributed by atoms with Crippen LogP contribution in [0.5, 0.6) is 0 Å². The number of carbonyl (C=O) groups excluding carboxylic acids is 1. The van der Waals surface area contributed by atoms with E-state index in [1.165, 1.54) is 0 Å². The van der Waals surface area contributed by atoms with Gasteiger partial charge in [-0.15, -0.1) is 0 Å². The van der Waals surface area contributed by atoms with Gasteiger partial charge in [-0.1, -0.05) is 18.2 Å². The summed E-state index contributed by atoms with van der Waals surface area (Å²) in [5.74, 6) is -1.31. The minimum atomic E-state index is -0.957. The van der Waals surface area contributed by atoms with Crippen molar-refractivity contribution < 1.29 is 14.7 Å². The van der Waals surface area contributed by atoms with Crippen molar-refractivity contribution in [1.29, 1.82) is 0 Å². The Balaban J connectivity index is 2.27.